The molecule has 0 heterocycles. The van der Waals surface area contributed by atoms with Crippen molar-refractivity contribution >= 4 is 11.8 Å². The van der Waals surface area contributed by atoms with Gasteiger partial charge in [0.05, 0.1) is 5.92 Å². The fourth-order valence-electron chi connectivity index (χ4n) is 4.37. The smallest absolute Gasteiger partial charge is 0.306 e. The van der Waals surface area contributed by atoms with Crippen LogP contribution in [0.2, 0.25) is 0 Å². The van der Waals surface area contributed by atoms with E-state index in [0.29, 0.717) is 0 Å². The van der Waals surface area contributed by atoms with Gasteiger partial charge in [-0.05, 0) is 42.4 Å². The first kappa shape index (κ1) is 26.8. The minimum atomic E-state index is -0.696. The Balaban J connectivity index is 1.89. The first-order valence-corrected chi connectivity index (χ1v) is 12.9. The van der Waals surface area contributed by atoms with Gasteiger partial charge in [0, 0.05) is 11.5 Å². The Bertz CT molecular complexity index is 853. The largest absolute Gasteiger partial charge is 0.481 e. The standard InChI is InChI=1S/C30H42O3/c1-4-5-6-9-14-23(2)29(31)27-21-19-26(20-22-27)28-18-13-12-17-25(28)16-11-8-7-10-15-24(3)30(32)33/h12-13,17-24H,4-11,14-16H2,1-3H3,(H,32,33). The van der Waals surface area contributed by atoms with Gasteiger partial charge in [0.15, 0.2) is 5.78 Å². The molecule has 0 aliphatic heterocycles. The molecule has 2 aromatic carbocycles. The van der Waals surface area contributed by atoms with Crippen molar-refractivity contribution in [2.75, 3.05) is 0 Å². The number of carboxylic acids is 1. The van der Waals surface area contributed by atoms with Gasteiger partial charge in [-0.15, -0.1) is 0 Å². The van der Waals surface area contributed by atoms with Crippen LogP contribution in [-0.2, 0) is 11.2 Å². The maximum absolute atomic E-state index is 12.8. The van der Waals surface area contributed by atoms with E-state index < -0.39 is 5.97 Å². The van der Waals surface area contributed by atoms with Gasteiger partial charge in [-0.3, -0.25) is 9.59 Å². The molecule has 0 aliphatic carbocycles. The van der Waals surface area contributed by atoms with Gasteiger partial charge < -0.3 is 5.11 Å². The Labute approximate surface area is 200 Å². The van der Waals surface area contributed by atoms with Gasteiger partial charge in [0.1, 0.15) is 0 Å². The summed E-state index contributed by atoms with van der Waals surface area (Å²) in [7, 11) is 0. The number of unbranched alkanes of at least 4 members (excludes halogenated alkanes) is 6. The fraction of sp³-hybridized carbons (Fsp3) is 0.533. The Morgan fingerprint density at radius 3 is 2.03 bits per heavy atom. The van der Waals surface area contributed by atoms with E-state index in [1.807, 2.05) is 12.1 Å². The van der Waals surface area contributed by atoms with Crippen molar-refractivity contribution in [2.24, 2.45) is 11.8 Å². The number of carbonyl (C=O) groups is 2. The third-order valence-electron chi connectivity index (χ3n) is 6.69. The van der Waals surface area contributed by atoms with Gasteiger partial charge in [-0.1, -0.05) is 114 Å². The molecule has 0 spiro atoms. The monoisotopic (exact) mass is 450 g/mol. The molecular weight excluding hydrogens is 408 g/mol. The molecule has 180 valence electrons. The van der Waals surface area contributed by atoms with Crippen LogP contribution in [-0.4, -0.2) is 16.9 Å². The second-order valence-corrected chi connectivity index (χ2v) is 9.54. The van der Waals surface area contributed by atoms with Crippen molar-refractivity contribution in [1.82, 2.24) is 0 Å². The number of aryl methyl sites for hydroxylation is 1. The third kappa shape index (κ3) is 9.15. The molecule has 2 aromatic rings. The van der Waals surface area contributed by atoms with Crippen LogP contribution >= 0.6 is 0 Å². The molecule has 3 nitrogen and oxygen atoms in total. The molecule has 1 N–H and O–H groups in total. The average molecular weight is 451 g/mol. The SMILES string of the molecule is CCCCCCC(C)C(=O)c1ccc(-c2ccccc2CCCCCCC(C)C(=O)O)cc1. The van der Waals surface area contributed by atoms with Crippen molar-refractivity contribution in [1.29, 1.82) is 0 Å². The van der Waals surface area contributed by atoms with Gasteiger partial charge in [-0.2, -0.15) is 0 Å². The summed E-state index contributed by atoms with van der Waals surface area (Å²) in [5, 5.41) is 8.98. The van der Waals surface area contributed by atoms with E-state index in [9.17, 15) is 9.59 Å². The van der Waals surface area contributed by atoms with E-state index in [1.165, 1.54) is 30.4 Å². The Morgan fingerprint density at radius 1 is 0.758 bits per heavy atom. The Hall–Kier alpha value is -2.42. The van der Waals surface area contributed by atoms with E-state index in [0.717, 1.165) is 62.5 Å². The molecule has 33 heavy (non-hydrogen) atoms. The highest BCUT2D eigenvalue weighted by atomic mass is 16.4. The molecule has 2 unspecified atom stereocenters. The number of ketones is 1. The molecule has 0 aromatic heterocycles. The maximum Gasteiger partial charge on any atom is 0.306 e. The second kappa shape index (κ2) is 14.7. The normalized spacial score (nSPS) is 12.9. The zero-order valence-electron chi connectivity index (χ0n) is 20.8. The van der Waals surface area contributed by atoms with Crippen LogP contribution in [0.4, 0.5) is 0 Å². The zero-order chi connectivity index (χ0) is 24.1. The number of hydrogen-bond acceptors (Lipinski definition) is 2. The van der Waals surface area contributed by atoms with E-state index in [2.05, 4.69) is 50.2 Å². The summed E-state index contributed by atoms with van der Waals surface area (Å²) < 4.78 is 0. The van der Waals surface area contributed by atoms with Crippen LogP contribution < -0.4 is 0 Å². The molecule has 0 fully saturated rings. The van der Waals surface area contributed by atoms with E-state index in [4.69, 9.17) is 5.11 Å². The van der Waals surface area contributed by atoms with Crippen molar-refractivity contribution in [3.05, 3.63) is 59.7 Å². The van der Waals surface area contributed by atoms with Crippen molar-refractivity contribution < 1.29 is 14.7 Å². The number of benzene rings is 2. The summed E-state index contributed by atoms with van der Waals surface area (Å²) in [5.74, 6) is -0.607. The minimum Gasteiger partial charge on any atom is -0.481 e. The molecule has 0 radical (unpaired) electrons. The summed E-state index contributed by atoms with van der Waals surface area (Å²) >= 11 is 0. The second-order valence-electron chi connectivity index (χ2n) is 9.54. The van der Waals surface area contributed by atoms with Gasteiger partial charge >= 0.3 is 5.97 Å². The van der Waals surface area contributed by atoms with Crippen LogP contribution in [0, 0.1) is 11.8 Å². The minimum absolute atomic E-state index is 0.0819. The lowest BCUT2D eigenvalue weighted by atomic mass is 9.91. The summed E-state index contributed by atoms with van der Waals surface area (Å²) in [6, 6.07) is 16.7. The Kier molecular flexibility index (Phi) is 11.9. The highest BCUT2D eigenvalue weighted by molar-refractivity contribution is 5.98. The van der Waals surface area contributed by atoms with Gasteiger partial charge in [-0.25, -0.2) is 0 Å². The van der Waals surface area contributed by atoms with Crippen LogP contribution in [0.25, 0.3) is 11.1 Å². The lowest BCUT2D eigenvalue weighted by molar-refractivity contribution is -0.141. The highest BCUT2D eigenvalue weighted by Crippen LogP contribution is 2.27. The summed E-state index contributed by atoms with van der Waals surface area (Å²) in [5.41, 5.74) is 4.55. The maximum atomic E-state index is 12.8. The van der Waals surface area contributed by atoms with E-state index in [-0.39, 0.29) is 17.6 Å². The van der Waals surface area contributed by atoms with E-state index in [1.54, 1.807) is 6.92 Å². The first-order chi connectivity index (χ1) is 15.9. The van der Waals surface area contributed by atoms with Crippen LogP contribution in [0.5, 0.6) is 0 Å². The lowest BCUT2D eigenvalue weighted by Crippen LogP contribution is -2.11. The molecular formula is C30H42O3. The summed E-state index contributed by atoms with van der Waals surface area (Å²) in [6.07, 6.45) is 11.8. The first-order valence-electron chi connectivity index (χ1n) is 12.9. The van der Waals surface area contributed by atoms with Gasteiger partial charge in [0.2, 0.25) is 0 Å². The molecule has 0 saturated carbocycles. The summed E-state index contributed by atoms with van der Waals surface area (Å²) in [6.45, 7) is 6.05. The molecule has 3 heteroatoms. The topological polar surface area (TPSA) is 54.4 Å². The van der Waals surface area contributed by atoms with Gasteiger partial charge in [0.25, 0.3) is 0 Å². The lowest BCUT2D eigenvalue weighted by Gasteiger charge is -2.13. The quantitative estimate of drug-likeness (QED) is 0.206. The number of rotatable bonds is 16. The Morgan fingerprint density at radius 2 is 1.36 bits per heavy atom. The number of Topliss-reactive ketones (excluding diaryl/α,β-unsaturated/α-hetero) is 1. The zero-order valence-corrected chi connectivity index (χ0v) is 20.8. The molecule has 0 aliphatic rings. The van der Waals surface area contributed by atoms with Crippen LogP contribution in [0.1, 0.15) is 101 Å². The molecule has 2 atom stereocenters. The van der Waals surface area contributed by atoms with Crippen molar-refractivity contribution in [3.8, 4) is 11.1 Å². The molecule has 0 bridgehead atoms. The third-order valence-corrected chi connectivity index (χ3v) is 6.69. The number of aliphatic carboxylic acids is 1. The predicted molar refractivity (Wildman–Crippen MR) is 138 cm³/mol. The molecule has 2 rings (SSSR count). The highest BCUT2D eigenvalue weighted by Gasteiger charge is 2.15. The van der Waals surface area contributed by atoms with Crippen molar-refractivity contribution in [3.63, 3.8) is 0 Å². The number of carbonyl (C=O) groups excluding carboxylic acids is 1. The fourth-order valence-corrected chi connectivity index (χ4v) is 4.37. The molecule has 0 saturated heterocycles. The molecule has 0 amide bonds. The number of carboxylic acid groups (broad SMARTS) is 1. The predicted octanol–water partition coefficient (Wildman–Crippen LogP) is 8.36. The summed E-state index contributed by atoms with van der Waals surface area (Å²) in [4.78, 5) is 23.7. The van der Waals surface area contributed by atoms with Crippen molar-refractivity contribution in [2.45, 2.75) is 91.4 Å². The van der Waals surface area contributed by atoms with E-state index >= 15 is 0 Å². The van der Waals surface area contributed by atoms with Crippen LogP contribution in [0.15, 0.2) is 48.5 Å². The average Bonchev–Trinajstić information content (AvgIpc) is 2.83. The van der Waals surface area contributed by atoms with Crippen LogP contribution in [0.3, 0.4) is 0 Å². The number of hydrogen-bond donors (Lipinski definition) is 1.